The molecule has 1 aromatic carbocycles. The third kappa shape index (κ3) is 2.69. The molecule has 78 valence electrons. The summed E-state index contributed by atoms with van der Waals surface area (Å²) in [5, 5.41) is 0. The molecule has 1 aromatic rings. The molecule has 1 amide bonds. The van der Waals surface area contributed by atoms with Crippen LogP contribution in [0.3, 0.4) is 0 Å². The van der Waals surface area contributed by atoms with E-state index in [2.05, 4.69) is 6.08 Å². The number of carbonyl (C=O) groups is 1. The van der Waals surface area contributed by atoms with Crippen LogP contribution in [0.1, 0.15) is 24.8 Å². The van der Waals surface area contributed by atoms with E-state index in [0.717, 1.165) is 12.8 Å². The fourth-order valence-corrected chi connectivity index (χ4v) is 1.72. The Kier molecular flexibility index (Phi) is 3.18. The van der Waals surface area contributed by atoms with Crippen molar-refractivity contribution in [2.24, 2.45) is 0 Å². The zero-order chi connectivity index (χ0) is 10.5. The van der Waals surface area contributed by atoms with Crippen LogP contribution in [-0.4, -0.2) is 10.8 Å². The SMILES string of the molecule is O=C1CCCC=CN1Cc1ccccc1. The number of hydrogen-bond donors (Lipinski definition) is 0. The Morgan fingerprint density at radius 1 is 1.20 bits per heavy atom. The molecule has 0 saturated carbocycles. The zero-order valence-corrected chi connectivity index (χ0v) is 8.73. The summed E-state index contributed by atoms with van der Waals surface area (Å²) < 4.78 is 0. The van der Waals surface area contributed by atoms with Crippen LogP contribution < -0.4 is 0 Å². The molecule has 0 N–H and O–H groups in total. The van der Waals surface area contributed by atoms with Gasteiger partial charge in [0.2, 0.25) is 5.91 Å². The molecule has 0 saturated heterocycles. The largest absolute Gasteiger partial charge is 0.315 e. The molecule has 1 aliphatic rings. The molecule has 0 spiro atoms. The highest BCUT2D eigenvalue weighted by Crippen LogP contribution is 2.12. The Labute approximate surface area is 90.2 Å². The predicted molar refractivity (Wildman–Crippen MR) is 60.0 cm³/mol. The third-order valence-corrected chi connectivity index (χ3v) is 2.56. The number of hydrogen-bond acceptors (Lipinski definition) is 1. The number of amides is 1. The van der Waals surface area contributed by atoms with Gasteiger partial charge in [-0.15, -0.1) is 0 Å². The lowest BCUT2D eigenvalue weighted by Crippen LogP contribution is -2.23. The molecule has 0 unspecified atom stereocenters. The Hall–Kier alpha value is -1.57. The summed E-state index contributed by atoms with van der Waals surface area (Å²) >= 11 is 0. The highest BCUT2D eigenvalue weighted by molar-refractivity contribution is 5.77. The summed E-state index contributed by atoms with van der Waals surface area (Å²) in [6, 6.07) is 10.1. The zero-order valence-electron chi connectivity index (χ0n) is 8.73. The number of nitrogens with zero attached hydrogens (tertiary/aromatic N) is 1. The van der Waals surface area contributed by atoms with Crippen molar-refractivity contribution in [1.29, 1.82) is 0 Å². The summed E-state index contributed by atoms with van der Waals surface area (Å²) in [6.45, 7) is 0.691. The van der Waals surface area contributed by atoms with Crippen molar-refractivity contribution in [2.75, 3.05) is 0 Å². The fraction of sp³-hybridized carbons (Fsp3) is 0.308. The van der Waals surface area contributed by atoms with Crippen molar-refractivity contribution in [2.45, 2.75) is 25.8 Å². The number of allylic oxidation sites excluding steroid dienone is 1. The van der Waals surface area contributed by atoms with Crippen LogP contribution in [-0.2, 0) is 11.3 Å². The highest BCUT2D eigenvalue weighted by atomic mass is 16.2. The van der Waals surface area contributed by atoms with E-state index in [-0.39, 0.29) is 5.91 Å². The van der Waals surface area contributed by atoms with Crippen LogP contribution in [0.15, 0.2) is 42.6 Å². The summed E-state index contributed by atoms with van der Waals surface area (Å²) in [5.74, 6) is 0.229. The van der Waals surface area contributed by atoms with E-state index in [9.17, 15) is 4.79 Å². The van der Waals surface area contributed by atoms with Gasteiger partial charge in [0, 0.05) is 12.6 Å². The van der Waals surface area contributed by atoms with E-state index in [1.165, 1.54) is 5.56 Å². The monoisotopic (exact) mass is 201 g/mol. The first-order valence-electron chi connectivity index (χ1n) is 5.36. The van der Waals surface area contributed by atoms with Gasteiger partial charge in [0.05, 0.1) is 6.54 Å². The first-order valence-corrected chi connectivity index (χ1v) is 5.36. The van der Waals surface area contributed by atoms with Crippen molar-refractivity contribution in [1.82, 2.24) is 4.90 Å². The molecule has 0 atom stereocenters. The van der Waals surface area contributed by atoms with Gasteiger partial charge in [-0.2, -0.15) is 0 Å². The second kappa shape index (κ2) is 4.78. The smallest absolute Gasteiger partial charge is 0.226 e. The van der Waals surface area contributed by atoms with Gasteiger partial charge >= 0.3 is 0 Å². The van der Waals surface area contributed by atoms with Gasteiger partial charge in [-0.25, -0.2) is 0 Å². The molecular formula is C13H15NO. The molecular weight excluding hydrogens is 186 g/mol. The third-order valence-electron chi connectivity index (χ3n) is 2.56. The van der Waals surface area contributed by atoms with Crippen LogP contribution in [0.25, 0.3) is 0 Å². The topological polar surface area (TPSA) is 20.3 Å². The minimum absolute atomic E-state index is 0.229. The van der Waals surface area contributed by atoms with Crippen molar-refractivity contribution in [3.63, 3.8) is 0 Å². The van der Waals surface area contributed by atoms with Gasteiger partial charge in [-0.1, -0.05) is 36.4 Å². The standard InChI is InChI=1S/C13H15NO/c15-13-9-5-2-6-10-14(13)11-12-7-3-1-4-8-12/h1,3-4,6-8,10H,2,5,9,11H2. The van der Waals surface area contributed by atoms with E-state index in [0.29, 0.717) is 13.0 Å². The van der Waals surface area contributed by atoms with Crippen LogP contribution in [0, 0.1) is 0 Å². The molecule has 0 aromatic heterocycles. The van der Waals surface area contributed by atoms with Gasteiger partial charge in [-0.05, 0) is 18.4 Å². The molecule has 0 bridgehead atoms. The first kappa shape index (κ1) is 9.97. The number of benzene rings is 1. The lowest BCUT2D eigenvalue weighted by Gasteiger charge is -2.16. The van der Waals surface area contributed by atoms with Crippen molar-refractivity contribution in [3.8, 4) is 0 Å². The second-order valence-corrected chi connectivity index (χ2v) is 3.78. The van der Waals surface area contributed by atoms with Crippen LogP contribution in [0.5, 0.6) is 0 Å². The van der Waals surface area contributed by atoms with Gasteiger partial charge in [0.15, 0.2) is 0 Å². The Morgan fingerprint density at radius 2 is 2.00 bits per heavy atom. The molecule has 2 rings (SSSR count). The minimum Gasteiger partial charge on any atom is -0.315 e. The average molecular weight is 201 g/mol. The molecule has 0 aliphatic carbocycles. The Bertz CT molecular complexity index is 356. The van der Waals surface area contributed by atoms with Gasteiger partial charge in [0.25, 0.3) is 0 Å². The fourth-order valence-electron chi connectivity index (χ4n) is 1.72. The van der Waals surface area contributed by atoms with Crippen LogP contribution in [0.4, 0.5) is 0 Å². The average Bonchev–Trinajstić information content (AvgIpc) is 2.46. The molecule has 2 nitrogen and oxygen atoms in total. The highest BCUT2D eigenvalue weighted by Gasteiger charge is 2.12. The van der Waals surface area contributed by atoms with Gasteiger partial charge in [0.1, 0.15) is 0 Å². The maximum Gasteiger partial charge on any atom is 0.226 e. The van der Waals surface area contributed by atoms with E-state index < -0.39 is 0 Å². The maximum absolute atomic E-state index is 11.7. The molecule has 2 heteroatoms. The Balaban J connectivity index is 2.07. The van der Waals surface area contributed by atoms with Crippen molar-refractivity contribution < 1.29 is 4.79 Å². The maximum atomic E-state index is 11.7. The first-order chi connectivity index (χ1) is 7.36. The molecule has 0 fully saturated rings. The summed E-state index contributed by atoms with van der Waals surface area (Å²) in [4.78, 5) is 13.5. The lowest BCUT2D eigenvalue weighted by molar-refractivity contribution is -0.128. The van der Waals surface area contributed by atoms with Gasteiger partial charge in [-0.3, -0.25) is 4.79 Å². The minimum atomic E-state index is 0.229. The van der Waals surface area contributed by atoms with E-state index in [4.69, 9.17) is 0 Å². The molecule has 1 aliphatic heterocycles. The normalized spacial score (nSPS) is 16.5. The van der Waals surface area contributed by atoms with E-state index >= 15 is 0 Å². The molecule has 15 heavy (non-hydrogen) atoms. The summed E-state index contributed by atoms with van der Waals surface area (Å²) in [6.07, 6.45) is 6.65. The molecule has 1 heterocycles. The second-order valence-electron chi connectivity index (χ2n) is 3.78. The van der Waals surface area contributed by atoms with Crippen LogP contribution in [0.2, 0.25) is 0 Å². The predicted octanol–water partition coefficient (Wildman–Crippen LogP) is 2.71. The summed E-state index contributed by atoms with van der Waals surface area (Å²) in [7, 11) is 0. The number of carbonyl (C=O) groups excluding carboxylic acids is 1. The van der Waals surface area contributed by atoms with Gasteiger partial charge < -0.3 is 4.90 Å². The quantitative estimate of drug-likeness (QED) is 0.720. The lowest BCUT2D eigenvalue weighted by atomic mass is 10.2. The van der Waals surface area contributed by atoms with Crippen molar-refractivity contribution in [3.05, 3.63) is 48.2 Å². The summed E-state index contributed by atoms with van der Waals surface area (Å²) in [5.41, 5.74) is 1.18. The number of rotatable bonds is 2. The van der Waals surface area contributed by atoms with Crippen LogP contribution >= 0.6 is 0 Å². The van der Waals surface area contributed by atoms with E-state index in [1.54, 1.807) is 0 Å². The van der Waals surface area contributed by atoms with Crippen molar-refractivity contribution >= 4 is 5.91 Å². The Morgan fingerprint density at radius 3 is 2.80 bits per heavy atom. The molecule has 0 radical (unpaired) electrons. The van der Waals surface area contributed by atoms with E-state index in [1.807, 2.05) is 41.4 Å².